The summed E-state index contributed by atoms with van der Waals surface area (Å²) in [5, 5.41) is 0. The van der Waals surface area contributed by atoms with Gasteiger partial charge in [-0.3, -0.25) is 0 Å². The van der Waals surface area contributed by atoms with E-state index in [1.165, 1.54) is 0 Å². The van der Waals surface area contributed by atoms with E-state index in [1.54, 1.807) is 0 Å². The van der Waals surface area contributed by atoms with Crippen molar-refractivity contribution >= 4 is 11.9 Å². The standard InChI is InChI=1S/C11H8F2O4/c1-16-10(14)8-4-5-6(12)2-3-7(13)9(5)11(15)17-8/h2-3,8H,4H2,1H3. The van der Waals surface area contributed by atoms with E-state index in [-0.39, 0.29) is 12.0 Å². The van der Waals surface area contributed by atoms with Gasteiger partial charge in [0.1, 0.15) is 17.2 Å². The minimum absolute atomic E-state index is 0.156. The average molecular weight is 242 g/mol. The predicted molar refractivity (Wildman–Crippen MR) is 51.3 cm³/mol. The second-order valence-corrected chi connectivity index (χ2v) is 3.50. The van der Waals surface area contributed by atoms with Crippen LogP contribution in [0.15, 0.2) is 12.1 Å². The molecule has 0 N–H and O–H groups in total. The van der Waals surface area contributed by atoms with Crippen LogP contribution in [0.2, 0.25) is 0 Å². The lowest BCUT2D eigenvalue weighted by atomic mass is 9.97. The summed E-state index contributed by atoms with van der Waals surface area (Å²) < 4.78 is 35.8. The largest absolute Gasteiger partial charge is 0.466 e. The number of benzene rings is 1. The van der Waals surface area contributed by atoms with E-state index in [0.717, 1.165) is 19.2 Å². The maximum absolute atomic E-state index is 13.4. The van der Waals surface area contributed by atoms with Crippen LogP contribution in [0.3, 0.4) is 0 Å². The lowest BCUT2D eigenvalue weighted by Crippen LogP contribution is -2.36. The minimum Gasteiger partial charge on any atom is -0.466 e. The van der Waals surface area contributed by atoms with Crippen LogP contribution < -0.4 is 0 Å². The van der Waals surface area contributed by atoms with Crippen molar-refractivity contribution in [2.75, 3.05) is 7.11 Å². The third-order valence-electron chi connectivity index (χ3n) is 2.51. The summed E-state index contributed by atoms with van der Waals surface area (Å²) in [4.78, 5) is 22.7. The zero-order valence-electron chi connectivity index (χ0n) is 8.83. The Hall–Kier alpha value is -1.98. The van der Waals surface area contributed by atoms with Crippen LogP contribution in [0.4, 0.5) is 8.78 Å². The van der Waals surface area contributed by atoms with Crippen molar-refractivity contribution < 1.29 is 27.8 Å². The highest BCUT2D eigenvalue weighted by atomic mass is 19.1. The number of hydrogen-bond donors (Lipinski definition) is 0. The highest BCUT2D eigenvalue weighted by Crippen LogP contribution is 2.26. The molecule has 1 aliphatic rings. The third kappa shape index (κ3) is 1.86. The molecule has 90 valence electrons. The molecule has 0 aromatic heterocycles. The maximum Gasteiger partial charge on any atom is 0.347 e. The summed E-state index contributed by atoms with van der Waals surface area (Å²) >= 11 is 0. The number of carbonyl (C=O) groups excluding carboxylic acids is 2. The van der Waals surface area contributed by atoms with Gasteiger partial charge in [0.25, 0.3) is 0 Å². The van der Waals surface area contributed by atoms with E-state index >= 15 is 0 Å². The topological polar surface area (TPSA) is 52.6 Å². The van der Waals surface area contributed by atoms with Crippen LogP contribution in [0.1, 0.15) is 15.9 Å². The third-order valence-corrected chi connectivity index (χ3v) is 2.51. The Balaban J connectivity index is 2.46. The molecule has 0 fully saturated rings. The van der Waals surface area contributed by atoms with Gasteiger partial charge in [-0.2, -0.15) is 0 Å². The predicted octanol–water partition coefficient (Wildman–Crippen LogP) is 1.22. The Morgan fingerprint density at radius 3 is 2.71 bits per heavy atom. The molecular weight excluding hydrogens is 234 g/mol. The molecule has 1 unspecified atom stereocenters. The van der Waals surface area contributed by atoms with Gasteiger partial charge in [-0.1, -0.05) is 0 Å². The van der Waals surface area contributed by atoms with Crippen molar-refractivity contribution in [2.24, 2.45) is 0 Å². The molecule has 0 spiro atoms. The summed E-state index contributed by atoms with van der Waals surface area (Å²) in [6, 6.07) is 1.75. The average Bonchev–Trinajstić information content (AvgIpc) is 2.32. The molecular formula is C11H8F2O4. The quantitative estimate of drug-likeness (QED) is 0.695. The fourth-order valence-electron chi connectivity index (χ4n) is 1.69. The van der Waals surface area contributed by atoms with Gasteiger partial charge in [-0.15, -0.1) is 0 Å². The van der Waals surface area contributed by atoms with Gasteiger partial charge < -0.3 is 9.47 Å². The zero-order valence-corrected chi connectivity index (χ0v) is 8.83. The number of rotatable bonds is 1. The molecule has 0 aliphatic carbocycles. The molecule has 0 radical (unpaired) electrons. The summed E-state index contributed by atoms with van der Waals surface area (Å²) in [6.45, 7) is 0. The number of methoxy groups -OCH3 is 1. The second kappa shape index (κ2) is 4.12. The number of ether oxygens (including phenoxy) is 2. The highest BCUT2D eigenvalue weighted by molar-refractivity contribution is 5.95. The zero-order chi connectivity index (χ0) is 12.6. The molecule has 4 nitrogen and oxygen atoms in total. The molecule has 1 heterocycles. The first kappa shape index (κ1) is 11.5. The van der Waals surface area contributed by atoms with Gasteiger partial charge in [0.15, 0.2) is 0 Å². The van der Waals surface area contributed by atoms with Crippen molar-refractivity contribution in [1.29, 1.82) is 0 Å². The van der Waals surface area contributed by atoms with Gasteiger partial charge in [0, 0.05) is 12.0 Å². The molecule has 17 heavy (non-hydrogen) atoms. The molecule has 1 aliphatic heterocycles. The van der Waals surface area contributed by atoms with Crippen molar-refractivity contribution in [1.82, 2.24) is 0 Å². The smallest absolute Gasteiger partial charge is 0.347 e. The molecule has 6 heteroatoms. The Bertz CT molecular complexity index is 498. The lowest BCUT2D eigenvalue weighted by molar-refractivity contribution is -0.151. The summed E-state index contributed by atoms with van der Waals surface area (Å²) in [5.41, 5.74) is -0.609. The van der Waals surface area contributed by atoms with Gasteiger partial charge >= 0.3 is 11.9 Å². The fourth-order valence-corrected chi connectivity index (χ4v) is 1.69. The van der Waals surface area contributed by atoms with Gasteiger partial charge in [0.2, 0.25) is 6.10 Å². The van der Waals surface area contributed by atoms with E-state index in [2.05, 4.69) is 9.47 Å². The molecule has 0 saturated carbocycles. The van der Waals surface area contributed by atoms with E-state index in [0.29, 0.717) is 0 Å². The Morgan fingerprint density at radius 2 is 2.06 bits per heavy atom. The minimum atomic E-state index is -1.23. The molecule has 1 atom stereocenters. The summed E-state index contributed by atoms with van der Waals surface area (Å²) in [6.07, 6.45) is -1.45. The van der Waals surface area contributed by atoms with E-state index in [9.17, 15) is 18.4 Å². The van der Waals surface area contributed by atoms with Gasteiger partial charge in [-0.25, -0.2) is 18.4 Å². The molecule has 2 rings (SSSR count). The van der Waals surface area contributed by atoms with E-state index in [4.69, 9.17) is 0 Å². The highest BCUT2D eigenvalue weighted by Gasteiger charge is 2.35. The van der Waals surface area contributed by atoms with Crippen LogP contribution in [-0.4, -0.2) is 25.2 Å². The normalized spacial score (nSPS) is 18.3. The molecule has 0 amide bonds. The Labute approximate surface area is 95.1 Å². The number of cyclic esters (lactones) is 1. The molecule has 0 bridgehead atoms. The van der Waals surface area contributed by atoms with Gasteiger partial charge in [0.05, 0.1) is 7.11 Å². The maximum atomic E-state index is 13.4. The first-order valence-electron chi connectivity index (χ1n) is 4.80. The molecule has 0 saturated heterocycles. The van der Waals surface area contributed by atoms with Crippen LogP contribution in [0.25, 0.3) is 0 Å². The molecule has 1 aromatic rings. The van der Waals surface area contributed by atoms with Crippen molar-refractivity contribution in [3.63, 3.8) is 0 Å². The fraction of sp³-hybridized carbons (Fsp3) is 0.273. The van der Waals surface area contributed by atoms with Crippen LogP contribution in [0, 0.1) is 11.6 Å². The number of halogens is 2. The lowest BCUT2D eigenvalue weighted by Gasteiger charge is -2.23. The van der Waals surface area contributed by atoms with Crippen molar-refractivity contribution in [3.8, 4) is 0 Å². The van der Waals surface area contributed by atoms with Gasteiger partial charge in [-0.05, 0) is 12.1 Å². The monoisotopic (exact) mass is 242 g/mol. The molecule has 1 aromatic carbocycles. The number of fused-ring (bicyclic) bond motifs is 1. The Morgan fingerprint density at radius 1 is 1.41 bits per heavy atom. The van der Waals surface area contributed by atoms with Crippen molar-refractivity contribution in [3.05, 3.63) is 34.9 Å². The van der Waals surface area contributed by atoms with Crippen LogP contribution in [0.5, 0.6) is 0 Å². The first-order valence-corrected chi connectivity index (χ1v) is 4.80. The SMILES string of the molecule is COC(=O)C1Cc2c(F)ccc(F)c2C(=O)O1. The number of esters is 2. The second-order valence-electron chi connectivity index (χ2n) is 3.50. The summed E-state index contributed by atoms with van der Waals surface area (Å²) in [7, 11) is 1.12. The Kier molecular flexibility index (Phi) is 2.79. The van der Waals surface area contributed by atoms with E-state index in [1.807, 2.05) is 0 Å². The summed E-state index contributed by atoms with van der Waals surface area (Å²) in [5.74, 6) is -3.46. The first-order chi connectivity index (χ1) is 8.04. The van der Waals surface area contributed by atoms with E-state index < -0.39 is 35.2 Å². The number of hydrogen-bond acceptors (Lipinski definition) is 4. The van der Waals surface area contributed by atoms with Crippen LogP contribution >= 0.6 is 0 Å². The van der Waals surface area contributed by atoms with Crippen LogP contribution in [-0.2, 0) is 20.7 Å². The van der Waals surface area contributed by atoms with Crippen molar-refractivity contribution in [2.45, 2.75) is 12.5 Å². The number of carbonyl (C=O) groups is 2.